The van der Waals surface area contributed by atoms with Crippen LogP contribution in [0.2, 0.25) is 0 Å². The molecule has 0 saturated heterocycles. The second-order valence-corrected chi connectivity index (χ2v) is 6.81. The summed E-state index contributed by atoms with van der Waals surface area (Å²) in [6.07, 6.45) is 5.29. The zero-order valence-corrected chi connectivity index (χ0v) is 13.7. The Kier molecular flexibility index (Phi) is 4.00. The van der Waals surface area contributed by atoms with Crippen LogP contribution in [0.4, 0.5) is 0 Å². The summed E-state index contributed by atoms with van der Waals surface area (Å²) >= 11 is 1.73. The molecule has 0 amide bonds. The van der Waals surface area contributed by atoms with Crippen molar-refractivity contribution in [1.82, 2.24) is 10.3 Å². The van der Waals surface area contributed by atoms with E-state index in [0.717, 1.165) is 23.6 Å². The smallest absolute Gasteiger partial charge is 0.119 e. The number of aryl methyl sites for hydroxylation is 1. The van der Waals surface area contributed by atoms with Gasteiger partial charge in [0.25, 0.3) is 0 Å². The molecule has 1 aliphatic carbocycles. The van der Waals surface area contributed by atoms with Crippen molar-refractivity contribution in [2.45, 2.75) is 44.7 Å². The predicted molar refractivity (Wildman–Crippen MR) is 87.1 cm³/mol. The van der Waals surface area contributed by atoms with Gasteiger partial charge in [-0.3, -0.25) is 5.32 Å². The summed E-state index contributed by atoms with van der Waals surface area (Å²) in [5.74, 6) is 0.919. The molecule has 3 rings (SSSR count). The Morgan fingerprint density at radius 3 is 2.90 bits per heavy atom. The Morgan fingerprint density at radius 1 is 1.38 bits per heavy atom. The fourth-order valence-electron chi connectivity index (χ4n) is 3.34. The third-order valence-electron chi connectivity index (χ3n) is 4.11. The highest BCUT2D eigenvalue weighted by molar-refractivity contribution is 7.09. The molecule has 1 aliphatic rings. The van der Waals surface area contributed by atoms with Crippen molar-refractivity contribution in [1.29, 1.82) is 0 Å². The van der Waals surface area contributed by atoms with Gasteiger partial charge in [-0.2, -0.15) is 0 Å². The summed E-state index contributed by atoms with van der Waals surface area (Å²) in [6, 6.07) is 6.85. The summed E-state index contributed by atoms with van der Waals surface area (Å²) < 4.78 is 5.45. The summed E-state index contributed by atoms with van der Waals surface area (Å²) in [5.41, 5.74) is 2.56. The maximum Gasteiger partial charge on any atom is 0.119 e. The van der Waals surface area contributed by atoms with Crippen molar-refractivity contribution in [2.24, 2.45) is 0 Å². The number of methoxy groups -OCH3 is 1. The quantitative estimate of drug-likeness (QED) is 0.934. The highest BCUT2D eigenvalue weighted by Crippen LogP contribution is 2.43. The van der Waals surface area contributed by atoms with Gasteiger partial charge < -0.3 is 4.74 Å². The van der Waals surface area contributed by atoms with E-state index in [2.05, 4.69) is 47.7 Å². The number of nitrogens with one attached hydrogen (secondary N) is 1. The zero-order chi connectivity index (χ0) is 14.9. The van der Waals surface area contributed by atoms with E-state index >= 15 is 0 Å². The minimum atomic E-state index is -0.176. The van der Waals surface area contributed by atoms with Crippen molar-refractivity contribution >= 4 is 11.3 Å². The molecule has 112 valence electrons. The Bertz CT molecular complexity index is 609. The van der Waals surface area contributed by atoms with Crippen LogP contribution in [0.1, 0.15) is 42.8 Å². The number of benzene rings is 1. The lowest BCUT2D eigenvalue weighted by Crippen LogP contribution is -2.49. The monoisotopic (exact) mass is 302 g/mol. The van der Waals surface area contributed by atoms with Gasteiger partial charge in [-0.15, -0.1) is 11.3 Å². The largest absolute Gasteiger partial charge is 0.497 e. The average Bonchev–Trinajstić information content (AvgIpc) is 3.01. The Hall–Kier alpha value is -1.39. The van der Waals surface area contributed by atoms with E-state index in [1.807, 2.05) is 6.20 Å². The first-order valence-corrected chi connectivity index (χ1v) is 8.39. The molecule has 0 aliphatic heterocycles. The van der Waals surface area contributed by atoms with Crippen molar-refractivity contribution in [3.8, 4) is 5.75 Å². The predicted octanol–water partition coefficient (Wildman–Crippen LogP) is 3.73. The normalized spacial score (nSPS) is 21.3. The highest BCUT2D eigenvalue weighted by Gasteiger charge is 2.40. The van der Waals surface area contributed by atoms with Crippen molar-refractivity contribution in [3.05, 3.63) is 45.9 Å². The van der Waals surface area contributed by atoms with E-state index in [9.17, 15) is 0 Å². The Balaban J connectivity index is 2.18. The van der Waals surface area contributed by atoms with Crippen LogP contribution in [0.15, 0.2) is 29.8 Å². The van der Waals surface area contributed by atoms with Gasteiger partial charge in [-0.1, -0.05) is 6.07 Å². The zero-order valence-electron chi connectivity index (χ0n) is 12.8. The molecule has 1 aromatic carbocycles. The molecule has 21 heavy (non-hydrogen) atoms. The topological polar surface area (TPSA) is 34.1 Å². The fourth-order valence-corrected chi connectivity index (χ4v) is 4.18. The number of nitrogens with zero attached hydrogens (tertiary/aromatic N) is 1. The van der Waals surface area contributed by atoms with Gasteiger partial charge in [-0.05, 0) is 56.4 Å². The Labute approximate surface area is 130 Å². The summed E-state index contributed by atoms with van der Waals surface area (Å²) in [6.45, 7) is 4.40. The molecule has 1 unspecified atom stereocenters. The Morgan fingerprint density at radius 2 is 2.24 bits per heavy atom. The van der Waals surface area contributed by atoms with Gasteiger partial charge >= 0.3 is 0 Å². The molecule has 1 heterocycles. The van der Waals surface area contributed by atoms with E-state index in [0.29, 0.717) is 6.04 Å². The van der Waals surface area contributed by atoms with Crippen molar-refractivity contribution in [2.75, 3.05) is 7.11 Å². The van der Waals surface area contributed by atoms with Gasteiger partial charge in [-0.25, -0.2) is 4.98 Å². The average molecular weight is 302 g/mol. The van der Waals surface area contributed by atoms with Gasteiger partial charge in [0.05, 0.1) is 12.6 Å². The molecule has 1 atom stereocenters. The van der Waals surface area contributed by atoms with Crippen LogP contribution in [-0.4, -0.2) is 18.1 Å². The van der Waals surface area contributed by atoms with E-state index < -0.39 is 0 Å². The van der Waals surface area contributed by atoms with Gasteiger partial charge in [0.15, 0.2) is 0 Å². The van der Waals surface area contributed by atoms with Crippen LogP contribution in [0.3, 0.4) is 0 Å². The summed E-state index contributed by atoms with van der Waals surface area (Å²) in [7, 11) is 1.73. The molecule has 0 radical (unpaired) electrons. The molecule has 0 saturated carbocycles. The minimum Gasteiger partial charge on any atom is -0.497 e. The van der Waals surface area contributed by atoms with Crippen molar-refractivity contribution < 1.29 is 4.74 Å². The molecular formula is C17H22N2OS. The number of ether oxygens (including phenoxy) is 1. The van der Waals surface area contributed by atoms with Crippen LogP contribution in [0.5, 0.6) is 5.75 Å². The number of fused-ring (bicyclic) bond motifs is 1. The third-order valence-corrected chi connectivity index (χ3v) is 5.04. The lowest BCUT2D eigenvalue weighted by molar-refractivity contribution is 0.313. The van der Waals surface area contributed by atoms with Crippen molar-refractivity contribution in [3.63, 3.8) is 0 Å². The molecule has 1 aromatic heterocycles. The molecule has 0 spiro atoms. The fraction of sp³-hybridized carbons (Fsp3) is 0.471. The summed E-state index contributed by atoms with van der Waals surface area (Å²) in [5, 5.41) is 7.02. The molecule has 0 fully saturated rings. The number of hydrogen-bond acceptors (Lipinski definition) is 4. The lowest BCUT2D eigenvalue weighted by atomic mass is 9.76. The molecular weight excluding hydrogens is 280 g/mol. The SMILES string of the molecule is COc1ccc2c(c1)C(NC(C)C)(c1nccs1)CCC2. The number of rotatable bonds is 4. The standard InChI is InChI=1S/C17H22N2OS/c1-12(2)19-17(16-18-9-10-21-16)8-4-5-13-6-7-14(20-3)11-15(13)17/h6-7,9-12,19H,4-5,8H2,1-3H3. The van der Waals surface area contributed by atoms with Crippen LogP contribution in [0.25, 0.3) is 0 Å². The van der Waals surface area contributed by atoms with Gasteiger partial charge in [0.1, 0.15) is 10.8 Å². The molecule has 1 N–H and O–H groups in total. The van der Waals surface area contributed by atoms with Crippen LogP contribution in [0, 0.1) is 0 Å². The highest BCUT2D eigenvalue weighted by atomic mass is 32.1. The lowest BCUT2D eigenvalue weighted by Gasteiger charge is -2.40. The first-order valence-electron chi connectivity index (χ1n) is 7.51. The number of hydrogen-bond donors (Lipinski definition) is 1. The van der Waals surface area contributed by atoms with E-state index in [1.54, 1.807) is 18.4 Å². The maximum absolute atomic E-state index is 5.45. The van der Waals surface area contributed by atoms with Crippen LogP contribution < -0.4 is 10.1 Å². The van der Waals surface area contributed by atoms with Gasteiger partial charge in [0, 0.05) is 17.6 Å². The number of aromatic nitrogens is 1. The van der Waals surface area contributed by atoms with E-state index in [-0.39, 0.29) is 5.54 Å². The molecule has 3 nitrogen and oxygen atoms in total. The summed E-state index contributed by atoms with van der Waals surface area (Å²) in [4.78, 5) is 4.63. The third kappa shape index (κ3) is 2.58. The minimum absolute atomic E-state index is 0.176. The maximum atomic E-state index is 5.45. The second kappa shape index (κ2) is 5.78. The van der Waals surface area contributed by atoms with Gasteiger partial charge in [0.2, 0.25) is 0 Å². The van der Waals surface area contributed by atoms with Crippen LogP contribution in [-0.2, 0) is 12.0 Å². The van der Waals surface area contributed by atoms with E-state index in [4.69, 9.17) is 4.74 Å². The molecule has 4 heteroatoms. The second-order valence-electron chi connectivity index (χ2n) is 5.92. The van der Waals surface area contributed by atoms with Crippen LogP contribution >= 0.6 is 11.3 Å². The first-order chi connectivity index (χ1) is 10.2. The van der Waals surface area contributed by atoms with E-state index in [1.165, 1.54) is 17.5 Å². The molecule has 0 bridgehead atoms. The number of thiazole rings is 1. The molecule has 2 aromatic rings. The first kappa shape index (κ1) is 14.5.